The zero-order valence-electron chi connectivity index (χ0n) is 33.2. The summed E-state index contributed by atoms with van der Waals surface area (Å²) in [5.74, 6) is 0. The molecule has 0 radical (unpaired) electrons. The van der Waals surface area contributed by atoms with Crippen LogP contribution in [0.25, 0.3) is 93.6 Å². The average molecular weight is 779 g/mol. The Labute approximate surface area is 353 Å². The number of hydrogen-bond donors (Lipinski definition) is 0. The number of aromatic nitrogens is 1. The lowest BCUT2D eigenvalue weighted by Crippen LogP contribution is -2.10. The van der Waals surface area contributed by atoms with E-state index in [4.69, 9.17) is 4.42 Å². The maximum atomic E-state index is 6.46. The fourth-order valence-corrected chi connectivity index (χ4v) is 9.40. The van der Waals surface area contributed by atoms with Gasteiger partial charge in [0.2, 0.25) is 0 Å². The Hall–Kier alpha value is -8.14. The molecule has 0 aliphatic carbocycles. The molecular formula is C58H38N2O. The van der Waals surface area contributed by atoms with E-state index in [0.29, 0.717) is 0 Å². The lowest BCUT2D eigenvalue weighted by atomic mass is 9.91. The maximum absolute atomic E-state index is 6.46. The molecule has 12 rings (SSSR count). The van der Waals surface area contributed by atoms with Crippen molar-refractivity contribution in [2.24, 2.45) is 0 Å². The van der Waals surface area contributed by atoms with Crippen molar-refractivity contribution in [1.82, 2.24) is 4.57 Å². The van der Waals surface area contributed by atoms with Crippen molar-refractivity contribution in [2.75, 3.05) is 4.90 Å². The van der Waals surface area contributed by atoms with Gasteiger partial charge in [-0.15, -0.1) is 0 Å². The van der Waals surface area contributed by atoms with Gasteiger partial charge in [0, 0.05) is 49.9 Å². The van der Waals surface area contributed by atoms with Crippen LogP contribution in [0.3, 0.4) is 0 Å². The molecule has 0 amide bonds. The van der Waals surface area contributed by atoms with Crippen LogP contribution in [0, 0.1) is 0 Å². The summed E-state index contributed by atoms with van der Waals surface area (Å²) >= 11 is 0. The normalized spacial score (nSPS) is 11.6. The minimum atomic E-state index is 0.910. The van der Waals surface area contributed by atoms with Crippen molar-refractivity contribution in [2.45, 2.75) is 0 Å². The van der Waals surface area contributed by atoms with Crippen molar-refractivity contribution < 1.29 is 4.42 Å². The number of fused-ring (bicyclic) bond motifs is 7. The zero-order chi connectivity index (χ0) is 40.3. The molecule has 0 spiro atoms. The largest absolute Gasteiger partial charge is 0.455 e. The molecule has 286 valence electrons. The van der Waals surface area contributed by atoms with Gasteiger partial charge in [0.25, 0.3) is 0 Å². The molecule has 2 aromatic heterocycles. The van der Waals surface area contributed by atoms with E-state index in [1.54, 1.807) is 0 Å². The van der Waals surface area contributed by atoms with Crippen LogP contribution in [0.15, 0.2) is 235 Å². The molecule has 0 saturated heterocycles. The smallest absolute Gasteiger partial charge is 0.143 e. The molecule has 12 aromatic rings. The van der Waals surface area contributed by atoms with Gasteiger partial charge in [-0.3, -0.25) is 0 Å². The van der Waals surface area contributed by atoms with Gasteiger partial charge in [0.15, 0.2) is 0 Å². The van der Waals surface area contributed by atoms with Crippen molar-refractivity contribution >= 4 is 71.6 Å². The van der Waals surface area contributed by atoms with E-state index in [1.807, 2.05) is 12.1 Å². The summed E-state index contributed by atoms with van der Waals surface area (Å²) in [6.07, 6.45) is 0. The Bertz CT molecular complexity index is 3560. The van der Waals surface area contributed by atoms with E-state index in [-0.39, 0.29) is 0 Å². The van der Waals surface area contributed by atoms with Gasteiger partial charge in [-0.25, -0.2) is 0 Å². The predicted octanol–water partition coefficient (Wildman–Crippen LogP) is 16.3. The highest BCUT2D eigenvalue weighted by Crippen LogP contribution is 2.42. The lowest BCUT2D eigenvalue weighted by Gasteiger charge is -2.26. The summed E-state index contributed by atoms with van der Waals surface area (Å²) < 4.78 is 8.84. The number of hydrogen-bond acceptors (Lipinski definition) is 2. The highest BCUT2D eigenvalue weighted by molar-refractivity contribution is 6.13. The Balaban J connectivity index is 0.932. The molecular weight excluding hydrogens is 741 g/mol. The fourth-order valence-electron chi connectivity index (χ4n) is 9.40. The van der Waals surface area contributed by atoms with Crippen molar-refractivity contribution in [3.05, 3.63) is 231 Å². The zero-order valence-corrected chi connectivity index (χ0v) is 33.2. The van der Waals surface area contributed by atoms with E-state index < -0.39 is 0 Å². The Kier molecular flexibility index (Phi) is 8.17. The SMILES string of the molecule is c1ccc(-c2cccc3cccc(-c4ccc(N(c5ccccc5)c5ccc(-n6c7ccccc7c7cc(-c8cccc9c8oc8ccccc89)ccc76)cc5)cc4)c23)cc1. The first kappa shape index (κ1) is 34.9. The van der Waals surface area contributed by atoms with E-state index in [1.165, 1.54) is 49.3 Å². The minimum absolute atomic E-state index is 0.910. The maximum Gasteiger partial charge on any atom is 0.143 e. The second-order valence-electron chi connectivity index (χ2n) is 15.7. The van der Waals surface area contributed by atoms with Crippen molar-refractivity contribution in [3.63, 3.8) is 0 Å². The van der Waals surface area contributed by atoms with E-state index >= 15 is 0 Å². The number of para-hydroxylation sites is 4. The number of anilines is 3. The summed E-state index contributed by atoms with van der Waals surface area (Å²) in [6.45, 7) is 0. The molecule has 3 heteroatoms. The standard InChI is InChI=1S/C58H38N2O/c1-3-14-39(15-4-1)47-22-11-16-41-17-12-23-48(57(41)47)40-28-31-44(32-29-40)59(43-18-5-2-6-19-43)45-33-35-46(36-34-45)60-54-26-9-7-20-50(54)53-38-42(30-37-55(53)60)49-24-13-25-52-51-21-8-10-27-56(51)61-58(49)52/h1-38H. The van der Waals surface area contributed by atoms with Crippen LogP contribution in [0.4, 0.5) is 17.1 Å². The number of furan rings is 1. The third kappa shape index (κ3) is 5.82. The van der Waals surface area contributed by atoms with E-state index in [2.05, 4.69) is 228 Å². The number of nitrogens with zero attached hydrogens (tertiary/aromatic N) is 2. The van der Waals surface area contributed by atoms with Crippen molar-refractivity contribution in [1.29, 1.82) is 0 Å². The first-order chi connectivity index (χ1) is 30.3. The van der Waals surface area contributed by atoms with Crippen molar-refractivity contribution in [3.8, 4) is 39.1 Å². The van der Waals surface area contributed by atoms with Crippen LogP contribution in [-0.2, 0) is 0 Å². The monoisotopic (exact) mass is 778 g/mol. The van der Waals surface area contributed by atoms with E-state index in [9.17, 15) is 0 Å². The van der Waals surface area contributed by atoms with Crippen LogP contribution in [0.2, 0.25) is 0 Å². The Morgan fingerprint density at radius 1 is 0.344 bits per heavy atom. The van der Waals surface area contributed by atoms with Gasteiger partial charge in [0.05, 0.1) is 11.0 Å². The van der Waals surface area contributed by atoms with Gasteiger partial charge >= 0.3 is 0 Å². The molecule has 0 bridgehead atoms. The average Bonchev–Trinajstić information content (AvgIpc) is 3.88. The molecule has 0 aliphatic heterocycles. The molecule has 0 unspecified atom stereocenters. The van der Waals surface area contributed by atoms with E-state index in [0.717, 1.165) is 61.3 Å². The summed E-state index contributed by atoms with van der Waals surface area (Å²) in [6, 6.07) is 82.8. The molecule has 2 heterocycles. The van der Waals surface area contributed by atoms with Gasteiger partial charge < -0.3 is 13.9 Å². The molecule has 0 aliphatic rings. The molecule has 61 heavy (non-hydrogen) atoms. The summed E-state index contributed by atoms with van der Waals surface area (Å²) in [5, 5.41) is 7.20. The highest BCUT2D eigenvalue weighted by Gasteiger charge is 2.18. The van der Waals surface area contributed by atoms with Crippen LogP contribution in [0.5, 0.6) is 0 Å². The van der Waals surface area contributed by atoms with Gasteiger partial charge in [0.1, 0.15) is 11.2 Å². The highest BCUT2D eigenvalue weighted by atomic mass is 16.3. The third-order valence-electron chi connectivity index (χ3n) is 12.2. The summed E-state index contributed by atoms with van der Waals surface area (Å²) in [7, 11) is 0. The molecule has 0 N–H and O–H groups in total. The third-order valence-corrected chi connectivity index (χ3v) is 12.2. The Morgan fingerprint density at radius 3 is 1.64 bits per heavy atom. The second-order valence-corrected chi connectivity index (χ2v) is 15.7. The molecule has 0 atom stereocenters. The van der Waals surface area contributed by atoms with Crippen LogP contribution < -0.4 is 4.90 Å². The number of rotatable bonds is 7. The summed E-state index contributed by atoms with van der Waals surface area (Å²) in [4.78, 5) is 2.34. The topological polar surface area (TPSA) is 21.3 Å². The predicted molar refractivity (Wildman–Crippen MR) is 257 cm³/mol. The van der Waals surface area contributed by atoms with Gasteiger partial charge in [-0.1, -0.05) is 158 Å². The molecule has 3 nitrogen and oxygen atoms in total. The van der Waals surface area contributed by atoms with Crippen LogP contribution >= 0.6 is 0 Å². The quantitative estimate of drug-likeness (QED) is 0.161. The number of benzene rings is 10. The first-order valence-corrected chi connectivity index (χ1v) is 20.8. The lowest BCUT2D eigenvalue weighted by molar-refractivity contribution is 0.670. The Morgan fingerprint density at radius 2 is 0.885 bits per heavy atom. The summed E-state index contributed by atoms with van der Waals surface area (Å²) in [5.41, 5.74) is 15.7. The molecule has 0 saturated carbocycles. The van der Waals surface area contributed by atoms with Crippen LogP contribution in [0.1, 0.15) is 0 Å². The van der Waals surface area contributed by atoms with Gasteiger partial charge in [-0.2, -0.15) is 0 Å². The second kappa shape index (κ2) is 14.3. The minimum Gasteiger partial charge on any atom is -0.455 e. The van der Waals surface area contributed by atoms with Gasteiger partial charge in [-0.05, 0) is 111 Å². The molecule has 0 fully saturated rings. The molecule has 10 aromatic carbocycles. The first-order valence-electron chi connectivity index (χ1n) is 20.8. The fraction of sp³-hybridized carbons (Fsp3) is 0. The van der Waals surface area contributed by atoms with Crippen LogP contribution in [-0.4, -0.2) is 4.57 Å².